The Bertz CT molecular complexity index is 512. The zero-order valence-corrected chi connectivity index (χ0v) is 12.2. The first kappa shape index (κ1) is 13.6. The molecule has 7 heteroatoms. The van der Waals surface area contributed by atoms with Crippen molar-refractivity contribution in [3.8, 4) is 0 Å². The summed E-state index contributed by atoms with van der Waals surface area (Å²) in [7, 11) is -3.10. The van der Waals surface area contributed by atoms with Crippen LogP contribution in [0.3, 0.4) is 0 Å². The quantitative estimate of drug-likeness (QED) is 0.913. The molecule has 17 heavy (non-hydrogen) atoms. The van der Waals surface area contributed by atoms with E-state index in [0.29, 0.717) is 20.7 Å². The molecule has 1 aromatic heterocycles. The van der Waals surface area contributed by atoms with Crippen molar-refractivity contribution in [2.75, 3.05) is 5.75 Å². The summed E-state index contributed by atoms with van der Waals surface area (Å²) in [4.78, 5) is 0. The van der Waals surface area contributed by atoms with E-state index in [4.69, 9.17) is 28.9 Å². The maximum atomic E-state index is 12.0. The fourth-order valence-corrected chi connectivity index (χ4v) is 5.76. The maximum Gasteiger partial charge on any atom is 0.155 e. The molecule has 0 spiro atoms. The van der Waals surface area contributed by atoms with Crippen molar-refractivity contribution in [1.29, 1.82) is 0 Å². The molecule has 1 aliphatic rings. The van der Waals surface area contributed by atoms with Gasteiger partial charge in [0.2, 0.25) is 0 Å². The molecule has 0 aromatic carbocycles. The van der Waals surface area contributed by atoms with Gasteiger partial charge >= 0.3 is 0 Å². The minimum atomic E-state index is -3.10. The number of sulfone groups is 1. The standard InChI is InChI=1S/C10H13Cl2NO2S2/c11-8-5-6(10(12)16-8)9(13)7-3-1-2-4-17(7,14)15/h5,7,9H,1-4,13H2. The average Bonchev–Trinajstić information content (AvgIpc) is 2.56. The zero-order chi connectivity index (χ0) is 12.6. The fraction of sp³-hybridized carbons (Fsp3) is 0.600. The van der Waals surface area contributed by atoms with E-state index in [9.17, 15) is 8.42 Å². The molecule has 1 aromatic rings. The van der Waals surface area contributed by atoms with Crippen LogP contribution in [0.4, 0.5) is 0 Å². The van der Waals surface area contributed by atoms with E-state index >= 15 is 0 Å². The third-order valence-corrected chi connectivity index (χ3v) is 6.90. The van der Waals surface area contributed by atoms with Gasteiger partial charge in [0.05, 0.1) is 19.7 Å². The maximum absolute atomic E-state index is 12.0. The Kier molecular flexibility index (Phi) is 4.05. The van der Waals surface area contributed by atoms with Gasteiger partial charge in [-0.15, -0.1) is 11.3 Å². The van der Waals surface area contributed by atoms with E-state index < -0.39 is 21.1 Å². The van der Waals surface area contributed by atoms with Crippen LogP contribution in [-0.4, -0.2) is 19.4 Å². The molecule has 2 atom stereocenters. The van der Waals surface area contributed by atoms with Gasteiger partial charge in [0, 0.05) is 11.6 Å². The lowest BCUT2D eigenvalue weighted by Crippen LogP contribution is -2.37. The van der Waals surface area contributed by atoms with Gasteiger partial charge in [-0.05, 0) is 18.9 Å². The molecule has 2 rings (SSSR count). The second-order valence-corrected chi connectivity index (χ2v) is 8.83. The highest BCUT2D eigenvalue weighted by Crippen LogP contribution is 2.38. The van der Waals surface area contributed by atoms with Crippen LogP contribution in [0.1, 0.15) is 30.9 Å². The van der Waals surface area contributed by atoms with Gasteiger partial charge in [0.15, 0.2) is 9.84 Å². The zero-order valence-electron chi connectivity index (χ0n) is 9.03. The smallest absolute Gasteiger partial charge is 0.155 e. The molecule has 3 nitrogen and oxygen atoms in total. The minimum absolute atomic E-state index is 0.223. The van der Waals surface area contributed by atoms with E-state index in [0.717, 1.165) is 12.8 Å². The molecular formula is C10H13Cl2NO2S2. The highest BCUT2D eigenvalue weighted by atomic mass is 35.5. The summed E-state index contributed by atoms with van der Waals surface area (Å²) in [5.41, 5.74) is 6.69. The van der Waals surface area contributed by atoms with Gasteiger partial charge in [-0.25, -0.2) is 8.42 Å². The van der Waals surface area contributed by atoms with Crippen LogP contribution in [-0.2, 0) is 9.84 Å². The van der Waals surface area contributed by atoms with Crippen LogP contribution in [0.25, 0.3) is 0 Å². The number of hydrogen-bond donors (Lipinski definition) is 1. The fourth-order valence-electron chi connectivity index (χ4n) is 2.16. The SMILES string of the molecule is NC(c1cc(Cl)sc1Cl)C1CCCCS1(=O)=O. The van der Waals surface area contributed by atoms with Crippen LogP contribution < -0.4 is 5.73 Å². The van der Waals surface area contributed by atoms with Crippen LogP contribution in [0.5, 0.6) is 0 Å². The average molecular weight is 314 g/mol. The molecule has 0 aliphatic carbocycles. The van der Waals surface area contributed by atoms with Crippen LogP contribution in [0.15, 0.2) is 6.07 Å². The summed E-state index contributed by atoms with van der Waals surface area (Å²) < 4.78 is 24.9. The Morgan fingerprint density at radius 1 is 1.41 bits per heavy atom. The van der Waals surface area contributed by atoms with E-state index in [2.05, 4.69) is 0 Å². The summed E-state index contributed by atoms with van der Waals surface area (Å²) in [5, 5.41) is -0.528. The number of rotatable bonds is 2. The molecule has 0 bridgehead atoms. The number of nitrogens with two attached hydrogens (primary N) is 1. The van der Waals surface area contributed by atoms with Crippen molar-refractivity contribution in [3.63, 3.8) is 0 Å². The van der Waals surface area contributed by atoms with Gasteiger partial charge in [0.1, 0.15) is 0 Å². The predicted molar refractivity (Wildman–Crippen MR) is 72.7 cm³/mol. The minimum Gasteiger partial charge on any atom is -0.323 e. The van der Waals surface area contributed by atoms with Crippen molar-refractivity contribution in [1.82, 2.24) is 0 Å². The van der Waals surface area contributed by atoms with Gasteiger partial charge < -0.3 is 5.73 Å². The lowest BCUT2D eigenvalue weighted by Gasteiger charge is -2.27. The summed E-state index contributed by atoms with van der Waals surface area (Å²) in [6.07, 6.45) is 2.23. The van der Waals surface area contributed by atoms with E-state index in [-0.39, 0.29) is 5.75 Å². The Morgan fingerprint density at radius 3 is 2.65 bits per heavy atom. The molecule has 1 saturated heterocycles. The molecule has 2 N–H and O–H groups in total. The summed E-state index contributed by atoms with van der Waals surface area (Å²) in [6.45, 7) is 0. The monoisotopic (exact) mass is 313 g/mol. The molecule has 2 unspecified atom stereocenters. The van der Waals surface area contributed by atoms with E-state index in [1.165, 1.54) is 11.3 Å². The third kappa shape index (κ3) is 2.79. The second kappa shape index (κ2) is 5.05. The molecular weight excluding hydrogens is 301 g/mol. The van der Waals surface area contributed by atoms with E-state index in [1.807, 2.05) is 0 Å². The number of halogens is 2. The second-order valence-electron chi connectivity index (χ2n) is 4.21. The van der Waals surface area contributed by atoms with Gasteiger partial charge in [-0.1, -0.05) is 29.6 Å². The van der Waals surface area contributed by atoms with Crippen molar-refractivity contribution in [3.05, 3.63) is 20.3 Å². The van der Waals surface area contributed by atoms with Crippen molar-refractivity contribution < 1.29 is 8.42 Å². The highest BCUT2D eigenvalue weighted by Gasteiger charge is 2.35. The Morgan fingerprint density at radius 2 is 2.12 bits per heavy atom. The first-order chi connectivity index (χ1) is 7.92. The summed E-state index contributed by atoms with van der Waals surface area (Å²) >= 11 is 13.1. The van der Waals surface area contributed by atoms with Crippen LogP contribution >= 0.6 is 34.5 Å². The lowest BCUT2D eigenvalue weighted by atomic mass is 10.0. The first-order valence-corrected chi connectivity index (χ1v) is 8.62. The van der Waals surface area contributed by atoms with Crippen molar-refractivity contribution in [2.24, 2.45) is 5.73 Å². The number of hydrogen-bond acceptors (Lipinski definition) is 4. The van der Waals surface area contributed by atoms with Crippen molar-refractivity contribution >= 4 is 44.4 Å². The van der Waals surface area contributed by atoms with Gasteiger partial charge in [0.25, 0.3) is 0 Å². The Hall–Kier alpha value is 0.190. The first-order valence-electron chi connectivity index (χ1n) is 5.33. The number of thiophene rings is 1. The topological polar surface area (TPSA) is 60.2 Å². The predicted octanol–water partition coefficient (Wildman–Crippen LogP) is 3.02. The van der Waals surface area contributed by atoms with Gasteiger partial charge in [-0.3, -0.25) is 0 Å². The molecule has 1 aliphatic heterocycles. The molecule has 96 valence electrons. The molecule has 0 amide bonds. The molecule has 2 heterocycles. The summed E-state index contributed by atoms with van der Waals surface area (Å²) in [6, 6.07) is 1.10. The van der Waals surface area contributed by atoms with Crippen LogP contribution in [0, 0.1) is 0 Å². The molecule has 0 saturated carbocycles. The molecule has 1 fully saturated rings. The Balaban J connectivity index is 2.31. The van der Waals surface area contributed by atoms with E-state index in [1.54, 1.807) is 6.07 Å². The normalized spacial score (nSPS) is 25.7. The molecule has 0 radical (unpaired) electrons. The largest absolute Gasteiger partial charge is 0.323 e. The highest BCUT2D eigenvalue weighted by molar-refractivity contribution is 7.92. The summed E-state index contributed by atoms with van der Waals surface area (Å²) in [5.74, 6) is 0.223. The van der Waals surface area contributed by atoms with Crippen molar-refractivity contribution in [2.45, 2.75) is 30.6 Å². The lowest BCUT2D eigenvalue weighted by molar-refractivity contribution is 0.505. The Labute approximate surface area is 115 Å². The third-order valence-electron chi connectivity index (χ3n) is 3.07. The van der Waals surface area contributed by atoms with Gasteiger partial charge in [-0.2, -0.15) is 0 Å². The van der Waals surface area contributed by atoms with Crippen LogP contribution in [0.2, 0.25) is 8.67 Å².